The molecule has 3 aromatic rings. The summed E-state index contributed by atoms with van der Waals surface area (Å²) in [6.45, 7) is 10.8. The van der Waals surface area contributed by atoms with E-state index in [2.05, 4.69) is 35.8 Å². The molecule has 0 saturated carbocycles. The molecule has 1 aliphatic heterocycles. The topological polar surface area (TPSA) is 72.0 Å². The molecule has 8 heteroatoms. The van der Waals surface area contributed by atoms with E-state index in [1.54, 1.807) is 24.5 Å². The predicted molar refractivity (Wildman–Crippen MR) is 181 cm³/mol. The van der Waals surface area contributed by atoms with Gasteiger partial charge in [-0.15, -0.1) is 0 Å². The highest BCUT2D eigenvalue weighted by Gasteiger charge is 2.38. The zero-order valence-electron chi connectivity index (χ0n) is 27.0. The van der Waals surface area contributed by atoms with Gasteiger partial charge in [-0.1, -0.05) is 62.4 Å². The summed E-state index contributed by atoms with van der Waals surface area (Å²) in [6.07, 6.45) is 8.18. The average molecular weight is 618 g/mol. The molecule has 236 valence electrons. The number of hydrogen-bond acceptors (Lipinski definition) is 6. The van der Waals surface area contributed by atoms with E-state index in [1.165, 1.54) is 5.56 Å². The number of thiol groups is 1. The van der Waals surface area contributed by atoms with Gasteiger partial charge in [-0.25, -0.2) is 4.79 Å². The first-order valence-electron chi connectivity index (χ1n) is 15.5. The summed E-state index contributed by atoms with van der Waals surface area (Å²) >= 11 is 3.53. The van der Waals surface area contributed by atoms with Crippen molar-refractivity contribution in [2.45, 2.75) is 53.6 Å². The third-order valence-electron chi connectivity index (χ3n) is 8.17. The number of nitrogens with zero attached hydrogens (tertiary/aromatic N) is 3. The predicted octanol–water partition coefficient (Wildman–Crippen LogP) is 7.55. The van der Waals surface area contributed by atoms with Crippen molar-refractivity contribution < 1.29 is 19.1 Å². The fraction of sp³-hybridized carbons (Fsp3) is 0.417. The van der Waals surface area contributed by atoms with Gasteiger partial charge in [0.2, 0.25) is 0 Å². The summed E-state index contributed by atoms with van der Waals surface area (Å²) in [5.74, 6) is 0.747. The van der Waals surface area contributed by atoms with Crippen LogP contribution in [0, 0.1) is 5.41 Å². The number of amides is 2. The third-order valence-corrected chi connectivity index (χ3v) is 8.17. The Labute approximate surface area is 268 Å². The van der Waals surface area contributed by atoms with Gasteiger partial charge < -0.3 is 19.3 Å². The van der Waals surface area contributed by atoms with Crippen molar-refractivity contribution in [3.63, 3.8) is 0 Å². The van der Waals surface area contributed by atoms with Crippen LogP contribution in [-0.2, 0) is 17.8 Å². The van der Waals surface area contributed by atoms with Crippen molar-refractivity contribution in [3.8, 4) is 5.75 Å². The first-order valence-corrected chi connectivity index (χ1v) is 16.4. The SMILES string of the molecule is CC.CCN(CC)C(=O)c1ccc(C2=CC3(CCN(C(=O)OCc4ccccc4)CC3)Cc3ccc(OC)cc32)cn1.CS. The Morgan fingerprint density at radius 3 is 2.25 bits per heavy atom. The number of carbonyl (C=O) groups excluding carboxylic acids is 2. The summed E-state index contributed by atoms with van der Waals surface area (Å²) in [6, 6.07) is 19.8. The minimum Gasteiger partial charge on any atom is -0.497 e. The van der Waals surface area contributed by atoms with E-state index in [0.717, 1.165) is 47.3 Å². The maximum Gasteiger partial charge on any atom is 0.410 e. The maximum absolute atomic E-state index is 12.8. The molecule has 1 saturated heterocycles. The molecular weight excluding hydrogens is 570 g/mol. The molecule has 0 radical (unpaired) electrons. The summed E-state index contributed by atoms with van der Waals surface area (Å²) in [7, 11) is 1.68. The molecule has 0 N–H and O–H groups in total. The molecule has 7 nitrogen and oxygen atoms in total. The standard InChI is InChI=1S/C33H37N3O4.C2H6.CH4S/c1-4-35(5-2)31(37)30-14-12-26(22-34-30)29-21-33(20-25-11-13-27(39-3)19-28(25)29)15-17-36(18-16-33)32(38)40-23-24-9-7-6-8-10-24;2*1-2/h6-14,19,21-22H,4-5,15-18,20,23H2,1-3H3;1-2H3;2H,1H3. The van der Waals surface area contributed by atoms with Gasteiger partial charge in [0.25, 0.3) is 5.91 Å². The van der Waals surface area contributed by atoms with Gasteiger partial charge in [-0.2, -0.15) is 12.6 Å². The van der Waals surface area contributed by atoms with Crippen LogP contribution in [0.5, 0.6) is 5.75 Å². The lowest BCUT2D eigenvalue weighted by atomic mass is 9.67. The molecule has 0 atom stereocenters. The Morgan fingerprint density at radius 2 is 1.66 bits per heavy atom. The van der Waals surface area contributed by atoms with E-state index in [9.17, 15) is 9.59 Å². The molecule has 1 aromatic heterocycles. The Balaban J connectivity index is 0.00000127. The number of hydrogen-bond donors (Lipinski definition) is 1. The molecule has 2 heterocycles. The van der Waals surface area contributed by atoms with Gasteiger partial charge in [-0.05, 0) is 85.2 Å². The second-order valence-electron chi connectivity index (χ2n) is 10.6. The van der Waals surface area contributed by atoms with Crippen molar-refractivity contribution in [1.29, 1.82) is 0 Å². The largest absolute Gasteiger partial charge is 0.497 e. The number of piperidine rings is 1. The van der Waals surface area contributed by atoms with E-state index in [-0.39, 0.29) is 24.0 Å². The Hall–Kier alpha value is -3.78. The molecule has 5 rings (SSSR count). The Kier molecular flexibility index (Phi) is 13.3. The minimum absolute atomic E-state index is 0.0563. The van der Waals surface area contributed by atoms with Crippen LogP contribution in [0.1, 0.15) is 73.3 Å². The highest BCUT2D eigenvalue weighted by atomic mass is 32.1. The van der Waals surface area contributed by atoms with Gasteiger partial charge in [0.1, 0.15) is 18.1 Å². The van der Waals surface area contributed by atoms with Crippen molar-refractivity contribution in [1.82, 2.24) is 14.8 Å². The second kappa shape index (κ2) is 16.9. The fourth-order valence-corrected chi connectivity index (χ4v) is 5.76. The first kappa shape index (κ1) is 34.7. The maximum atomic E-state index is 12.8. The van der Waals surface area contributed by atoms with Gasteiger partial charge in [0.05, 0.1) is 7.11 Å². The molecule has 44 heavy (non-hydrogen) atoms. The summed E-state index contributed by atoms with van der Waals surface area (Å²) in [4.78, 5) is 33.8. The third kappa shape index (κ3) is 8.23. The van der Waals surface area contributed by atoms with Crippen molar-refractivity contribution >= 4 is 30.2 Å². The number of ether oxygens (including phenoxy) is 2. The number of pyridine rings is 1. The highest BCUT2D eigenvalue weighted by molar-refractivity contribution is 7.79. The van der Waals surface area contributed by atoms with Gasteiger partial charge in [0.15, 0.2) is 0 Å². The summed E-state index contributed by atoms with van der Waals surface area (Å²) < 4.78 is 11.1. The van der Waals surface area contributed by atoms with Crippen LogP contribution < -0.4 is 4.74 Å². The molecule has 2 amide bonds. The molecular formula is C36H47N3O4S. The number of benzene rings is 2. The van der Waals surface area contributed by atoms with Crippen molar-refractivity contribution in [3.05, 3.63) is 101 Å². The minimum atomic E-state index is -0.262. The quantitative estimate of drug-likeness (QED) is 0.277. The lowest BCUT2D eigenvalue weighted by molar-refractivity contribution is 0.0721. The molecule has 1 spiro atoms. The van der Waals surface area contributed by atoms with Crippen molar-refractivity contribution in [2.24, 2.45) is 5.41 Å². The van der Waals surface area contributed by atoms with E-state index in [4.69, 9.17) is 9.47 Å². The van der Waals surface area contributed by atoms with Gasteiger partial charge in [-0.3, -0.25) is 9.78 Å². The second-order valence-corrected chi connectivity index (χ2v) is 10.6. The number of allylic oxidation sites excluding steroid dienone is 1. The van der Waals surface area contributed by atoms with E-state index in [1.807, 2.05) is 81.1 Å². The molecule has 2 aromatic carbocycles. The monoisotopic (exact) mass is 617 g/mol. The van der Waals surface area contributed by atoms with Gasteiger partial charge in [0, 0.05) is 37.9 Å². The van der Waals surface area contributed by atoms with E-state index >= 15 is 0 Å². The van der Waals surface area contributed by atoms with Crippen LogP contribution in [0.3, 0.4) is 0 Å². The van der Waals surface area contributed by atoms with Crippen LogP contribution in [-0.4, -0.2) is 66.3 Å². The highest BCUT2D eigenvalue weighted by Crippen LogP contribution is 2.46. The lowest BCUT2D eigenvalue weighted by Crippen LogP contribution is -2.44. The van der Waals surface area contributed by atoms with Crippen LogP contribution in [0.25, 0.3) is 5.57 Å². The number of rotatable bonds is 7. The lowest BCUT2D eigenvalue weighted by Gasteiger charge is -2.43. The summed E-state index contributed by atoms with van der Waals surface area (Å²) in [5, 5.41) is 0. The van der Waals surface area contributed by atoms with Crippen LogP contribution >= 0.6 is 12.6 Å². The van der Waals surface area contributed by atoms with E-state index < -0.39 is 0 Å². The first-order chi connectivity index (χ1) is 21.4. The molecule has 0 unspecified atom stereocenters. The Bertz CT molecular complexity index is 1380. The zero-order valence-corrected chi connectivity index (χ0v) is 27.9. The average Bonchev–Trinajstić information content (AvgIpc) is 3.10. The van der Waals surface area contributed by atoms with Crippen LogP contribution in [0.4, 0.5) is 4.79 Å². The Morgan fingerprint density at radius 1 is 0.977 bits per heavy atom. The van der Waals surface area contributed by atoms with Crippen molar-refractivity contribution in [2.75, 3.05) is 39.5 Å². The number of methoxy groups -OCH3 is 1. The van der Waals surface area contributed by atoms with E-state index in [0.29, 0.717) is 31.9 Å². The molecule has 1 fully saturated rings. The normalized spacial score (nSPS) is 14.5. The zero-order chi connectivity index (χ0) is 32.1. The molecule has 2 aliphatic rings. The number of carbonyl (C=O) groups is 2. The molecule has 1 aliphatic carbocycles. The molecule has 0 bridgehead atoms. The number of likely N-dealkylation sites (tertiary alicyclic amines) is 1. The fourth-order valence-electron chi connectivity index (χ4n) is 5.76. The van der Waals surface area contributed by atoms with Crippen LogP contribution in [0.2, 0.25) is 0 Å². The van der Waals surface area contributed by atoms with Crippen LogP contribution in [0.15, 0.2) is 72.9 Å². The summed E-state index contributed by atoms with van der Waals surface area (Å²) in [5.41, 5.74) is 5.79. The number of aromatic nitrogens is 1. The smallest absolute Gasteiger partial charge is 0.410 e. The van der Waals surface area contributed by atoms with Gasteiger partial charge >= 0.3 is 6.09 Å². The number of fused-ring (bicyclic) bond motifs is 1.